The summed E-state index contributed by atoms with van der Waals surface area (Å²) in [6, 6.07) is 17.4. The second-order valence-corrected chi connectivity index (χ2v) is 8.17. The van der Waals surface area contributed by atoms with Crippen LogP contribution in [0.4, 0.5) is 5.82 Å². The molecule has 5 rings (SSSR count). The van der Waals surface area contributed by atoms with Crippen molar-refractivity contribution in [2.24, 2.45) is 11.5 Å². The number of nitrogens with one attached hydrogen (secondary N) is 1. The number of carbonyl (C=O) groups is 1. The molecule has 12 nitrogen and oxygen atoms in total. The second kappa shape index (κ2) is 10.2. The molecule has 0 radical (unpaired) electrons. The predicted octanol–water partition coefficient (Wildman–Crippen LogP) is 0.0920. The number of aromatic nitrogens is 5. The first-order valence-electron chi connectivity index (χ1n) is 11.4. The maximum Gasteiger partial charge on any atom is 0.488 e. The molecule has 0 saturated heterocycles. The van der Waals surface area contributed by atoms with Gasteiger partial charge in [-0.15, -0.1) is 5.10 Å². The Hall–Kier alpha value is -4.59. The number of carbonyl (C=O) groups excluding carboxylic acids is 1. The summed E-state index contributed by atoms with van der Waals surface area (Å²) in [5, 5.41) is 31.3. The third-order valence-corrected chi connectivity index (χ3v) is 5.69. The van der Waals surface area contributed by atoms with E-state index in [1.165, 1.54) is 4.68 Å². The Morgan fingerprint density at radius 1 is 1.05 bits per heavy atom. The third kappa shape index (κ3) is 4.78. The lowest BCUT2D eigenvalue weighted by molar-refractivity contribution is 0.100. The molecule has 13 heteroatoms. The quantitative estimate of drug-likeness (QED) is 0.174. The molecule has 0 fully saturated rings. The van der Waals surface area contributed by atoms with Gasteiger partial charge in [0.2, 0.25) is 0 Å². The number of rotatable bonds is 9. The number of fused-ring (bicyclic) bond motifs is 2. The van der Waals surface area contributed by atoms with E-state index in [-0.39, 0.29) is 11.5 Å². The van der Waals surface area contributed by atoms with Crippen LogP contribution >= 0.6 is 0 Å². The standard InChI is InChI=1S/C24H23BN8O4/c26-10-11-37-19-9-3-7-17-21(19)29-24(33-18-8-2-6-16(22(27)34)20(18)31-32-33)30-23(17)28-13-14-4-1-5-15(12-14)25(35)36/h1-9,12,35-36H,10-11,13,26H2,(H2,27,34)(H,28,29,30). The smallest absolute Gasteiger partial charge is 0.488 e. The summed E-state index contributed by atoms with van der Waals surface area (Å²) < 4.78 is 7.26. The van der Waals surface area contributed by atoms with E-state index >= 15 is 0 Å². The van der Waals surface area contributed by atoms with Crippen molar-refractivity contribution in [2.75, 3.05) is 18.5 Å². The molecule has 1 amide bonds. The number of hydrogen-bond acceptors (Lipinski definition) is 10. The van der Waals surface area contributed by atoms with Crippen LogP contribution in [0.1, 0.15) is 15.9 Å². The van der Waals surface area contributed by atoms with Gasteiger partial charge in [0.15, 0.2) is 0 Å². The van der Waals surface area contributed by atoms with Gasteiger partial charge in [0.25, 0.3) is 11.9 Å². The van der Waals surface area contributed by atoms with Gasteiger partial charge in [-0.25, -0.2) is 4.98 Å². The summed E-state index contributed by atoms with van der Waals surface area (Å²) in [5.41, 5.74) is 13.9. The van der Waals surface area contributed by atoms with Crippen LogP contribution < -0.4 is 27.0 Å². The summed E-state index contributed by atoms with van der Waals surface area (Å²) in [7, 11) is -1.57. The molecule has 0 atom stereocenters. The van der Waals surface area contributed by atoms with Crippen LogP contribution in [0, 0.1) is 0 Å². The Kier molecular flexibility index (Phi) is 6.64. The van der Waals surface area contributed by atoms with Gasteiger partial charge >= 0.3 is 7.12 Å². The van der Waals surface area contributed by atoms with E-state index in [0.29, 0.717) is 58.7 Å². The van der Waals surface area contributed by atoms with Crippen molar-refractivity contribution < 1.29 is 19.6 Å². The molecule has 0 saturated carbocycles. The molecule has 2 aromatic heterocycles. The molecule has 7 N–H and O–H groups in total. The highest BCUT2D eigenvalue weighted by molar-refractivity contribution is 6.58. The predicted molar refractivity (Wildman–Crippen MR) is 139 cm³/mol. The summed E-state index contributed by atoms with van der Waals surface area (Å²) in [6.07, 6.45) is 0. The molecule has 0 aliphatic rings. The van der Waals surface area contributed by atoms with Crippen LogP contribution in [0.5, 0.6) is 5.75 Å². The number of hydrogen-bond donors (Lipinski definition) is 5. The van der Waals surface area contributed by atoms with Crippen molar-refractivity contribution >= 4 is 46.2 Å². The number of ether oxygens (including phenoxy) is 1. The molecule has 186 valence electrons. The molecule has 0 bridgehead atoms. The fourth-order valence-electron chi connectivity index (χ4n) is 3.97. The molecule has 0 aliphatic carbocycles. The van der Waals surface area contributed by atoms with E-state index in [1.807, 2.05) is 18.2 Å². The first-order chi connectivity index (χ1) is 18.0. The van der Waals surface area contributed by atoms with Crippen molar-refractivity contribution in [3.8, 4) is 11.7 Å². The summed E-state index contributed by atoms with van der Waals surface area (Å²) in [6.45, 7) is 0.964. The van der Waals surface area contributed by atoms with E-state index in [0.717, 1.165) is 5.56 Å². The van der Waals surface area contributed by atoms with Gasteiger partial charge < -0.3 is 31.6 Å². The highest BCUT2D eigenvalue weighted by Gasteiger charge is 2.18. The molecule has 37 heavy (non-hydrogen) atoms. The van der Waals surface area contributed by atoms with Crippen LogP contribution in [0.15, 0.2) is 60.7 Å². The van der Waals surface area contributed by atoms with Crippen LogP contribution in [0.25, 0.3) is 27.9 Å². The lowest BCUT2D eigenvalue weighted by Gasteiger charge is -2.14. The van der Waals surface area contributed by atoms with Crippen LogP contribution in [0.2, 0.25) is 0 Å². The monoisotopic (exact) mass is 498 g/mol. The number of anilines is 1. The van der Waals surface area contributed by atoms with Gasteiger partial charge in [-0.2, -0.15) is 9.67 Å². The molecular formula is C24H23BN8O4. The van der Waals surface area contributed by atoms with Crippen LogP contribution in [0.3, 0.4) is 0 Å². The van der Waals surface area contributed by atoms with Gasteiger partial charge in [-0.3, -0.25) is 4.79 Å². The zero-order chi connectivity index (χ0) is 25.9. The molecule has 3 aromatic carbocycles. The highest BCUT2D eigenvalue weighted by atomic mass is 16.5. The molecule has 5 aromatic rings. The average Bonchev–Trinajstić information content (AvgIpc) is 3.34. The van der Waals surface area contributed by atoms with Crippen molar-refractivity contribution in [2.45, 2.75) is 6.54 Å². The summed E-state index contributed by atoms with van der Waals surface area (Å²) >= 11 is 0. The Morgan fingerprint density at radius 2 is 1.86 bits per heavy atom. The lowest BCUT2D eigenvalue weighted by Crippen LogP contribution is -2.30. The Morgan fingerprint density at radius 3 is 2.65 bits per heavy atom. The molecule has 0 aliphatic heterocycles. The maximum atomic E-state index is 11.9. The van der Waals surface area contributed by atoms with Crippen molar-refractivity contribution in [1.29, 1.82) is 0 Å². The number of primary amides is 1. The summed E-state index contributed by atoms with van der Waals surface area (Å²) in [4.78, 5) is 21.3. The fourth-order valence-corrected chi connectivity index (χ4v) is 3.97. The number of amides is 1. The largest absolute Gasteiger partial charge is 0.490 e. The van der Waals surface area contributed by atoms with E-state index in [1.54, 1.807) is 42.5 Å². The first kappa shape index (κ1) is 24.1. The van der Waals surface area contributed by atoms with Crippen LogP contribution in [-0.2, 0) is 6.54 Å². The normalized spacial score (nSPS) is 11.1. The van der Waals surface area contributed by atoms with E-state index in [2.05, 4.69) is 15.6 Å². The number of nitrogens with zero attached hydrogens (tertiary/aromatic N) is 5. The molecule has 0 unspecified atom stereocenters. The topological polar surface area (TPSA) is 187 Å². The van der Waals surface area contributed by atoms with E-state index < -0.39 is 13.0 Å². The minimum atomic E-state index is -1.57. The van der Waals surface area contributed by atoms with Crippen LogP contribution in [-0.4, -0.2) is 61.2 Å². The number of para-hydroxylation sites is 1. The summed E-state index contributed by atoms with van der Waals surface area (Å²) in [5.74, 6) is 0.583. The zero-order valence-corrected chi connectivity index (χ0v) is 19.6. The van der Waals surface area contributed by atoms with Gasteiger partial charge in [-0.05, 0) is 35.3 Å². The van der Waals surface area contributed by atoms with Crippen molar-refractivity contribution in [1.82, 2.24) is 25.0 Å². The third-order valence-electron chi connectivity index (χ3n) is 5.69. The zero-order valence-electron chi connectivity index (χ0n) is 19.6. The Labute approximate surface area is 211 Å². The maximum absolute atomic E-state index is 11.9. The van der Waals surface area contributed by atoms with E-state index in [4.69, 9.17) is 26.2 Å². The van der Waals surface area contributed by atoms with Crippen molar-refractivity contribution in [3.05, 3.63) is 71.8 Å². The van der Waals surface area contributed by atoms with Gasteiger partial charge in [0.05, 0.1) is 11.1 Å². The Bertz CT molecular complexity index is 1610. The average molecular weight is 498 g/mol. The van der Waals surface area contributed by atoms with Gasteiger partial charge in [-0.1, -0.05) is 41.6 Å². The number of benzene rings is 3. The van der Waals surface area contributed by atoms with Crippen molar-refractivity contribution in [3.63, 3.8) is 0 Å². The fraction of sp³-hybridized carbons (Fsp3) is 0.125. The minimum Gasteiger partial charge on any atom is -0.490 e. The van der Waals surface area contributed by atoms with Gasteiger partial charge in [0, 0.05) is 18.5 Å². The lowest BCUT2D eigenvalue weighted by atomic mass is 9.80. The minimum absolute atomic E-state index is 0.197. The molecular weight excluding hydrogens is 475 g/mol. The number of nitrogens with two attached hydrogens (primary N) is 2. The molecule has 2 heterocycles. The highest BCUT2D eigenvalue weighted by Crippen LogP contribution is 2.30. The second-order valence-electron chi connectivity index (χ2n) is 8.17. The Balaban J connectivity index is 1.63. The SMILES string of the molecule is NCCOc1cccc2c(NCc3cccc(B(O)O)c3)nc(-n3nnc4c(C(N)=O)cccc43)nc12. The molecule has 0 spiro atoms. The van der Waals surface area contributed by atoms with E-state index in [9.17, 15) is 14.8 Å². The first-order valence-corrected chi connectivity index (χ1v) is 11.4. The van der Waals surface area contributed by atoms with Gasteiger partial charge in [0.1, 0.15) is 29.2 Å².